The minimum Gasteiger partial charge on any atom is -0.417 e. The molecule has 0 N–H and O–H groups in total. The third kappa shape index (κ3) is 2.85. The second-order valence-electron chi connectivity index (χ2n) is 3.91. The molecule has 2 unspecified atom stereocenters. The van der Waals surface area contributed by atoms with E-state index < -0.39 is 11.7 Å². The van der Waals surface area contributed by atoms with Gasteiger partial charge in [0.15, 0.2) is 0 Å². The van der Waals surface area contributed by atoms with Crippen molar-refractivity contribution in [3.05, 3.63) is 34.4 Å². The van der Waals surface area contributed by atoms with Crippen molar-refractivity contribution in [3.8, 4) is 5.75 Å². The SMILES string of the molecule is CC1SP(=O)(Oc2ccc([N+](=O)[O-])cc2)O[C@@H]1C. The molecule has 1 aliphatic rings. The van der Waals surface area contributed by atoms with E-state index in [9.17, 15) is 14.7 Å². The van der Waals surface area contributed by atoms with Crippen LogP contribution in [0.15, 0.2) is 24.3 Å². The van der Waals surface area contributed by atoms with Crippen LogP contribution in [0.2, 0.25) is 0 Å². The van der Waals surface area contributed by atoms with Crippen LogP contribution in [0, 0.1) is 10.1 Å². The summed E-state index contributed by atoms with van der Waals surface area (Å²) in [5.74, 6) is 0.303. The fraction of sp³-hybridized carbons (Fsp3) is 0.400. The van der Waals surface area contributed by atoms with E-state index in [1.54, 1.807) is 0 Å². The molecule has 0 aromatic heterocycles. The smallest absolute Gasteiger partial charge is 0.417 e. The van der Waals surface area contributed by atoms with Gasteiger partial charge in [-0.2, -0.15) is 0 Å². The highest BCUT2D eigenvalue weighted by Crippen LogP contribution is 2.68. The monoisotopic (exact) mass is 289 g/mol. The normalized spacial score (nSPS) is 31.2. The van der Waals surface area contributed by atoms with Crippen molar-refractivity contribution in [2.75, 3.05) is 0 Å². The molecule has 0 radical (unpaired) electrons. The zero-order valence-electron chi connectivity index (χ0n) is 9.81. The van der Waals surface area contributed by atoms with Gasteiger partial charge in [-0.25, -0.2) is 4.57 Å². The van der Waals surface area contributed by atoms with Crippen molar-refractivity contribution in [2.45, 2.75) is 25.2 Å². The number of benzene rings is 1. The Labute approximate surface area is 108 Å². The maximum Gasteiger partial charge on any atom is 0.440 e. The molecule has 6 nitrogen and oxygen atoms in total. The van der Waals surface area contributed by atoms with E-state index >= 15 is 0 Å². The van der Waals surface area contributed by atoms with Gasteiger partial charge in [0.2, 0.25) is 0 Å². The fourth-order valence-corrected chi connectivity index (χ4v) is 5.91. The Morgan fingerprint density at radius 2 is 2.00 bits per heavy atom. The predicted octanol–water partition coefficient (Wildman–Crippen LogP) is 3.62. The molecule has 18 heavy (non-hydrogen) atoms. The van der Waals surface area contributed by atoms with E-state index in [2.05, 4.69) is 0 Å². The summed E-state index contributed by atoms with van der Waals surface area (Å²) in [5.41, 5.74) is -0.0395. The average molecular weight is 289 g/mol. The van der Waals surface area contributed by atoms with Gasteiger partial charge in [0.1, 0.15) is 5.75 Å². The lowest BCUT2D eigenvalue weighted by Crippen LogP contribution is -2.10. The summed E-state index contributed by atoms with van der Waals surface area (Å²) in [4.78, 5) is 9.98. The van der Waals surface area contributed by atoms with Gasteiger partial charge in [-0.05, 0) is 30.4 Å². The largest absolute Gasteiger partial charge is 0.440 e. The summed E-state index contributed by atoms with van der Waals surface area (Å²) in [5, 5.41) is 10.6. The van der Waals surface area contributed by atoms with Gasteiger partial charge in [0, 0.05) is 17.4 Å². The Morgan fingerprint density at radius 3 is 2.44 bits per heavy atom. The van der Waals surface area contributed by atoms with Gasteiger partial charge < -0.3 is 4.52 Å². The van der Waals surface area contributed by atoms with Crippen LogP contribution < -0.4 is 4.52 Å². The lowest BCUT2D eigenvalue weighted by molar-refractivity contribution is -0.384. The summed E-state index contributed by atoms with van der Waals surface area (Å²) in [6.45, 7) is 0.545. The molecule has 0 bridgehead atoms. The molecule has 1 aliphatic heterocycles. The van der Waals surface area contributed by atoms with Crippen LogP contribution in [0.4, 0.5) is 5.69 Å². The molecule has 1 saturated heterocycles. The molecule has 0 aliphatic carbocycles. The molecular weight excluding hydrogens is 277 g/mol. The van der Waals surface area contributed by atoms with Crippen LogP contribution in [0.25, 0.3) is 0 Å². The van der Waals surface area contributed by atoms with Gasteiger partial charge in [0.25, 0.3) is 5.69 Å². The minimum absolute atomic E-state index is 0.0395. The van der Waals surface area contributed by atoms with Crippen LogP contribution in [-0.2, 0) is 9.09 Å². The summed E-state index contributed by atoms with van der Waals surface area (Å²) < 4.78 is 22.8. The number of hydrogen-bond donors (Lipinski definition) is 0. The van der Waals surface area contributed by atoms with Gasteiger partial charge in [-0.15, -0.1) is 0 Å². The van der Waals surface area contributed by atoms with E-state index in [0.29, 0.717) is 5.75 Å². The minimum atomic E-state index is -3.20. The molecule has 2 rings (SSSR count). The number of nitrogens with zero attached hydrogens (tertiary/aromatic N) is 1. The van der Waals surface area contributed by atoms with Crippen LogP contribution >= 0.6 is 18.2 Å². The number of nitro groups is 1. The highest BCUT2D eigenvalue weighted by Gasteiger charge is 2.42. The van der Waals surface area contributed by atoms with Gasteiger partial charge in [0.05, 0.1) is 11.0 Å². The molecular formula is C10H12NO5PS. The molecule has 1 fully saturated rings. The van der Waals surface area contributed by atoms with Crippen molar-refractivity contribution >= 4 is 23.9 Å². The second-order valence-corrected chi connectivity index (χ2v) is 8.13. The molecule has 0 saturated carbocycles. The van der Waals surface area contributed by atoms with Crippen LogP contribution in [0.1, 0.15) is 13.8 Å². The maximum atomic E-state index is 12.2. The van der Waals surface area contributed by atoms with Crippen molar-refractivity contribution in [1.29, 1.82) is 0 Å². The van der Waals surface area contributed by atoms with E-state index in [0.717, 1.165) is 11.4 Å². The maximum absolute atomic E-state index is 12.2. The Balaban J connectivity index is 2.10. The van der Waals surface area contributed by atoms with Crippen LogP contribution in [0.5, 0.6) is 5.75 Å². The highest BCUT2D eigenvalue weighted by atomic mass is 32.7. The standard InChI is InChI=1S/C10H12NO5PS/c1-7-8(2)18-17(14,15-7)16-10-5-3-9(4-6-10)11(12)13/h3-8H,1-2H3/t7-,8?,17?/m1/s1. The van der Waals surface area contributed by atoms with E-state index in [4.69, 9.17) is 9.05 Å². The first kappa shape index (κ1) is 13.4. The number of nitro benzene ring substituents is 1. The Morgan fingerprint density at radius 1 is 1.39 bits per heavy atom. The van der Waals surface area contributed by atoms with Crippen LogP contribution in [0.3, 0.4) is 0 Å². The third-order valence-electron chi connectivity index (χ3n) is 2.52. The van der Waals surface area contributed by atoms with Gasteiger partial charge >= 0.3 is 6.80 Å². The Bertz CT molecular complexity index is 491. The molecule has 0 amide bonds. The molecule has 1 heterocycles. The fourth-order valence-electron chi connectivity index (χ4n) is 1.40. The summed E-state index contributed by atoms with van der Waals surface area (Å²) in [7, 11) is 0. The van der Waals surface area contributed by atoms with Crippen molar-refractivity contribution < 1.29 is 18.5 Å². The molecule has 98 valence electrons. The Hall–Kier alpha value is -1.04. The first-order valence-electron chi connectivity index (χ1n) is 5.30. The zero-order chi connectivity index (χ0) is 13.3. The first-order valence-corrected chi connectivity index (χ1v) is 8.33. The number of hydrogen-bond acceptors (Lipinski definition) is 6. The van der Waals surface area contributed by atoms with Crippen molar-refractivity contribution in [2.24, 2.45) is 0 Å². The quantitative estimate of drug-likeness (QED) is 0.480. The van der Waals surface area contributed by atoms with E-state index in [1.165, 1.54) is 24.3 Å². The van der Waals surface area contributed by atoms with E-state index in [1.807, 2.05) is 13.8 Å². The van der Waals surface area contributed by atoms with Crippen molar-refractivity contribution in [1.82, 2.24) is 0 Å². The number of non-ortho nitro benzene ring substituents is 1. The molecule has 8 heteroatoms. The van der Waals surface area contributed by atoms with Crippen LogP contribution in [-0.4, -0.2) is 16.3 Å². The lowest BCUT2D eigenvalue weighted by atomic mass is 10.3. The van der Waals surface area contributed by atoms with Crippen molar-refractivity contribution in [3.63, 3.8) is 0 Å². The van der Waals surface area contributed by atoms with Gasteiger partial charge in [-0.3, -0.25) is 14.6 Å². The first-order chi connectivity index (χ1) is 8.39. The summed E-state index contributed by atoms with van der Waals surface area (Å²) >= 11 is 1.16. The summed E-state index contributed by atoms with van der Waals surface area (Å²) in [6.07, 6.45) is -0.140. The number of rotatable bonds is 3. The lowest BCUT2D eigenvalue weighted by Gasteiger charge is -2.11. The summed E-state index contributed by atoms with van der Waals surface area (Å²) in [6, 6.07) is 5.43. The molecule has 0 spiro atoms. The Kier molecular flexibility index (Phi) is 3.66. The van der Waals surface area contributed by atoms with E-state index in [-0.39, 0.29) is 17.0 Å². The predicted molar refractivity (Wildman–Crippen MR) is 68.9 cm³/mol. The topological polar surface area (TPSA) is 78.7 Å². The molecule has 1 aromatic carbocycles. The average Bonchev–Trinajstić information content (AvgIpc) is 2.53. The second kappa shape index (κ2) is 4.91. The zero-order valence-corrected chi connectivity index (χ0v) is 11.5. The third-order valence-corrected chi connectivity index (χ3v) is 6.77. The molecule has 1 aromatic rings. The van der Waals surface area contributed by atoms with Gasteiger partial charge in [-0.1, -0.05) is 6.92 Å². The molecule has 3 atom stereocenters. The highest BCUT2D eigenvalue weighted by molar-refractivity contribution is 8.55.